The summed E-state index contributed by atoms with van der Waals surface area (Å²) in [6.07, 6.45) is 0.871. The van der Waals surface area contributed by atoms with Gasteiger partial charge in [0.2, 0.25) is 0 Å². The molecule has 0 aliphatic carbocycles. The van der Waals surface area contributed by atoms with Crippen LogP contribution in [0.15, 0.2) is 72.3 Å². The first-order chi connectivity index (χ1) is 17.4. The second kappa shape index (κ2) is 9.76. The van der Waals surface area contributed by atoms with Gasteiger partial charge in [-0.15, -0.1) is 0 Å². The third kappa shape index (κ3) is 4.36. The van der Waals surface area contributed by atoms with E-state index in [9.17, 15) is 14.7 Å². The molecule has 0 spiro atoms. The van der Waals surface area contributed by atoms with E-state index in [-0.39, 0.29) is 11.3 Å². The Morgan fingerprint density at radius 3 is 2.61 bits per heavy atom. The molecule has 182 valence electrons. The fraction of sp³-hybridized carbons (Fsp3) is 0.179. The molecule has 1 atom stereocenters. The van der Waals surface area contributed by atoms with Crippen molar-refractivity contribution >= 4 is 55.7 Å². The number of ether oxygens (including phenoxy) is 1. The lowest BCUT2D eigenvalue weighted by molar-refractivity contribution is -0.132. The van der Waals surface area contributed by atoms with Crippen molar-refractivity contribution in [2.45, 2.75) is 26.3 Å². The van der Waals surface area contributed by atoms with Gasteiger partial charge in [-0.2, -0.15) is 0 Å². The number of carbonyl (C=O) groups excluding carboxylic acids is 2. The van der Waals surface area contributed by atoms with E-state index < -0.39 is 17.7 Å². The second-order valence-corrected chi connectivity index (χ2v) is 10.0. The predicted molar refractivity (Wildman–Crippen MR) is 143 cm³/mol. The molecule has 5 rings (SSSR count). The normalized spacial score (nSPS) is 17.2. The summed E-state index contributed by atoms with van der Waals surface area (Å²) < 4.78 is 6.52. The number of carbonyl (C=O) groups is 2. The van der Waals surface area contributed by atoms with Crippen molar-refractivity contribution in [1.29, 1.82) is 0 Å². The number of aliphatic hydroxyl groups is 1. The van der Waals surface area contributed by atoms with E-state index in [4.69, 9.17) is 16.3 Å². The van der Waals surface area contributed by atoms with Crippen LogP contribution in [0.2, 0.25) is 5.02 Å². The molecule has 2 heterocycles. The molecular formula is C28H23ClN2O4S. The molecule has 6 nitrogen and oxygen atoms in total. The van der Waals surface area contributed by atoms with Crippen LogP contribution in [0.5, 0.6) is 5.75 Å². The van der Waals surface area contributed by atoms with Crippen molar-refractivity contribution in [3.05, 3.63) is 94.0 Å². The summed E-state index contributed by atoms with van der Waals surface area (Å²) in [7, 11) is 0. The molecule has 4 aromatic rings. The highest BCUT2D eigenvalue weighted by Crippen LogP contribution is 2.44. The molecule has 1 fully saturated rings. The van der Waals surface area contributed by atoms with Crippen molar-refractivity contribution in [2.24, 2.45) is 0 Å². The van der Waals surface area contributed by atoms with Gasteiger partial charge < -0.3 is 9.84 Å². The number of thiazole rings is 1. The SMILES string of the molecule is CCCOc1ccc(/C(O)=C2\C(=O)C(=O)N(c3nc4ccc(C)cc4s3)C2c2cccc(Cl)c2)cc1. The zero-order chi connectivity index (χ0) is 25.4. The van der Waals surface area contributed by atoms with Gasteiger partial charge in [-0.3, -0.25) is 14.5 Å². The number of anilines is 1. The van der Waals surface area contributed by atoms with Crippen LogP contribution in [0.4, 0.5) is 5.13 Å². The summed E-state index contributed by atoms with van der Waals surface area (Å²) in [5, 5.41) is 12.1. The van der Waals surface area contributed by atoms with Gasteiger partial charge in [-0.05, 0) is 73.0 Å². The van der Waals surface area contributed by atoms with E-state index in [1.54, 1.807) is 48.5 Å². The molecule has 1 N–H and O–H groups in total. The fourth-order valence-electron chi connectivity index (χ4n) is 4.23. The van der Waals surface area contributed by atoms with Crippen LogP contribution in [0.25, 0.3) is 16.0 Å². The van der Waals surface area contributed by atoms with Crippen molar-refractivity contribution in [1.82, 2.24) is 4.98 Å². The average molecular weight is 519 g/mol. The van der Waals surface area contributed by atoms with Gasteiger partial charge in [0.25, 0.3) is 5.78 Å². The maximum atomic E-state index is 13.4. The summed E-state index contributed by atoms with van der Waals surface area (Å²) in [5.74, 6) is -1.13. The zero-order valence-corrected chi connectivity index (χ0v) is 21.3. The molecule has 1 unspecified atom stereocenters. The summed E-state index contributed by atoms with van der Waals surface area (Å²) in [6, 6.07) is 18.7. The molecular weight excluding hydrogens is 496 g/mol. The molecule has 0 radical (unpaired) electrons. The van der Waals surface area contributed by atoms with Gasteiger partial charge in [0, 0.05) is 10.6 Å². The van der Waals surface area contributed by atoms with E-state index in [0.717, 1.165) is 22.2 Å². The molecule has 0 saturated carbocycles. The lowest BCUT2D eigenvalue weighted by Crippen LogP contribution is -2.29. The molecule has 1 amide bonds. The largest absolute Gasteiger partial charge is 0.507 e. The third-order valence-electron chi connectivity index (χ3n) is 5.95. The number of hydrogen-bond acceptors (Lipinski definition) is 6. The quantitative estimate of drug-likeness (QED) is 0.175. The van der Waals surface area contributed by atoms with Crippen molar-refractivity contribution < 1.29 is 19.4 Å². The highest BCUT2D eigenvalue weighted by atomic mass is 35.5. The Kier molecular flexibility index (Phi) is 6.51. The Labute approximate surface area is 217 Å². The minimum Gasteiger partial charge on any atom is -0.507 e. The number of aromatic nitrogens is 1. The Balaban J connectivity index is 1.65. The number of hydrogen-bond donors (Lipinski definition) is 1. The van der Waals surface area contributed by atoms with Crippen LogP contribution in [0.3, 0.4) is 0 Å². The number of halogens is 1. The highest BCUT2D eigenvalue weighted by molar-refractivity contribution is 7.22. The van der Waals surface area contributed by atoms with Crippen molar-refractivity contribution in [3.8, 4) is 5.75 Å². The van der Waals surface area contributed by atoms with E-state index in [1.165, 1.54) is 16.2 Å². The molecule has 1 aromatic heterocycles. The van der Waals surface area contributed by atoms with Gasteiger partial charge in [-0.1, -0.05) is 48.1 Å². The summed E-state index contributed by atoms with van der Waals surface area (Å²) in [6.45, 7) is 4.57. The Hall–Kier alpha value is -3.68. The predicted octanol–water partition coefficient (Wildman–Crippen LogP) is 6.67. The molecule has 36 heavy (non-hydrogen) atoms. The number of amides is 1. The smallest absolute Gasteiger partial charge is 0.301 e. The summed E-state index contributed by atoms with van der Waals surface area (Å²) >= 11 is 7.61. The van der Waals surface area contributed by atoms with Crippen LogP contribution in [-0.4, -0.2) is 28.4 Å². The van der Waals surface area contributed by atoms with Gasteiger partial charge in [0.1, 0.15) is 11.5 Å². The van der Waals surface area contributed by atoms with Gasteiger partial charge in [0.05, 0.1) is 28.4 Å². The molecule has 0 bridgehead atoms. The molecule has 3 aromatic carbocycles. The van der Waals surface area contributed by atoms with Gasteiger partial charge >= 0.3 is 5.91 Å². The monoisotopic (exact) mass is 518 g/mol. The van der Waals surface area contributed by atoms with Crippen molar-refractivity contribution in [2.75, 3.05) is 11.5 Å². The third-order valence-corrected chi connectivity index (χ3v) is 7.20. The number of nitrogens with zero attached hydrogens (tertiary/aromatic N) is 2. The first-order valence-electron chi connectivity index (χ1n) is 11.5. The standard InChI is InChI=1S/C28H23ClN2O4S/c1-3-13-35-20-10-8-17(9-11-20)25(32)23-24(18-5-4-6-19(29)15-18)31(27(34)26(23)33)28-30-21-12-7-16(2)14-22(21)36-28/h4-12,14-15,24,32H,3,13H2,1-2H3/b25-23+. The van der Waals surface area contributed by atoms with E-state index in [0.29, 0.717) is 33.6 Å². The molecule has 1 aliphatic rings. The number of Topliss-reactive ketones (excluding diaryl/α,β-unsaturated/α-hetero) is 1. The van der Waals surface area contributed by atoms with Crippen LogP contribution >= 0.6 is 22.9 Å². The Morgan fingerprint density at radius 2 is 1.89 bits per heavy atom. The lowest BCUT2D eigenvalue weighted by atomic mass is 9.95. The number of fused-ring (bicyclic) bond motifs is 1. The van der Waals surface area contributed by atoms with E-state index in [2.05, 4.69) is 4.98 Å². The number of aliphatic hydroxyl groups excluding tert-OH is 1. The van der Waals surface area contributed by atoms with Crippen LogP contribution in [0, 0.1) is 6.92 Å². The van der Waals surface area contributed by atoms with Crippen LogP contribution in [0.1, 0.15) is 36.1 Å². The van der Waals surface area contributed by atoms with E-state index in [1.807, 2.05) is 32.0 Å². The second-order valence-electron chi connectivity index (χ2n) is 8.56. The van der Waals surface area contributed by atoms with Crippen molar-refractivity contribution in [3.63, 3.8) is 0 Å². The highest BCUT2D eigenvalue weighted by Gasteiger charge is 2.48. The number of benzene rings is 3. The van der Waals surface area contributed by atoms with E-state index >= 15 is 0 Å². The average Bonchev–Trinajstić information content (AvgIpc) is 3.40. The molecule has 1 saturated heterocycles. The fourth-order valence-corrected chi connectivity index (χ4v) is 5.52. The number of rotatable bonds is 6. The Morgan fingerprint density at radius 1 is 1.11 bits per heavy atom. The first-order valence-corrected chi connectivity index (χ1v) is 12.7. The first kappa shape index (κ1) is 24.0. The minimum atomic E-state index is -0.888. The van der Waals surface area contributed by atoms with Crippen LogP contribution < -0.4 is 9.64 Å². The minimum absolute atomic E-state index is 0.0140. The topological polar surface area (TPSA) is 79.7 Å². The number of aryl methyl sites for hydroxylation is 1. The molecule has 1 aliphatic heterocycles. The lowest BCUT2D eigenvalue weighted by Gasteiger charge is -2.23. The molecule has 8 heteroatoms. The van der Waals surface area contributed by atoms with Crippen LogP contribution in [-0.2, 0) is 9.59 Å². The maximum absolute atomic E-state index is 13.4. The zero-order valence-electron chi connectivity index (χ0n) is 19.7. The summed E-state index contributed by atoms with van der Waals surface area (Å²) in [4.78, 5) is 32.7. The summed E-state index contributed by atoms with van der Waals surface area (Å²) in [5.41, 5.74) is 2.79. The Bertz CT molecular complexity index is 1510. The number of ketones is 1. The maximum Gasteiger partial charge on any atom is 0.301 e. The van der Waals surface area contributed by atoms with Gasteiger partial charge in [0.15, 0.2) is 5.13 Å². The van der Waals surface area contributed by atoms with Gasteiger partial charge in [-0.25, -0.2) is 4.98 Å².